The number of hydrogen-bond donors (Lipinski definition) is 1. The molecule has 86 valence electrons. The first-order valence-corrected chi connectivity index (χ1v) is 5.00. The molecule has 0 spiro atoms. The van der Waals surface area contributed by atoms with Crippen LogP contribution >= 0.6 is 0 Å². The van der Waals surface area contributed by atoms with E-state index in [0.717, 1.165) is 5.69 Å². The third kappa shape index (κ3) is 3.68. The maximum absolute atomic E-state index is 11.6. The second-order valence-corrected chi connectivity index (χ2v) is 3.17. The second-order valence-electron chi connectivity index (χ2n) is 3.17. The van der Waals surface area contributed by atoms with Gasteiger partial charge in [0.1, 0.15) is 6.54 Å². The number of aromatic nitrogens is 1. The van der Waals surface area contributed by atoms with Crippen molar-refractivity contribution >= 4 is 11.9 Å². The molecule has 16 heavy (non-hydrogen) atoms. The molecule has 0 radical (unpaired) electrons. The molecule has 0 aliphatic carbocycles. The maximum atomic E-state index is 11.6. The van der Waals surface area contributed by atoms with Crippen LogP contribution in [0.5, 0.6) is 0 Å². The molecule has 0 unspecified atom stereocenters. The lowest BCUT2D eigenvalue weighted by Crippen LogP contribution is -2.30. The number of esters is 1. The molecule has 0 fully saturated rings. The van der Waals surface area contributed by atoms with Crippen LogP contribution < -0.4 is 5.32 Å². The van der Waals surface area contributed by atoms with Gasteiger partial charge in [0.15, 0.2) is 0 Å². The zero-order valence-corrected chi connectivity index (χ0v) is 9.32. The molecule has 1 amide bonds. The van der Waals surface area contributed by atoms with Crippen LogP contribution in [-0.4, -0.2) is 30.0 Å². The van der Waals surface area contributed by atoms with Gasteiger partial charge in [-0.05, 0) is 26.0 Å². The Balaban J connectivity index is 2.50. The molecule has 0 atom stereocenters. The second kappa shape index (κ2) is 5.85. The van der Waals surface area contributed by atoms with Crippen LogP contribution in [-0.2, 0) is 9.53 Å². The molecule has 1 aromatic rings. The molecular weight excluding hydrogens is 208 g/mol. The monoisotopic (exact) mass is 222 g/mol. The lowest BCUT2D eigenvalue weighted by Gasteiger charge is -2.05. The molecule has 1 rings (SSSR count). The summed E-state index contributed by atoms with van der Waals surface area (Å²) in [7, 11) is 0. The Morgan fingerprint density at radius 1 is 1.50 bits per heavy atom. The minimum atomic E-state index is -0.443. The maximum Gasteiger partial charge on any atom is 0.325 e. The lowest BCUT2D eigenvalue weighted by atomic mass is 10.2. The van der Waals surface area contributed by atoms with Crippen molar-refractivity contribution in [3.63, 3.8) is 0 Å². The number of rotatable bonds is 4. The van der Waals surface area contributed by atoms with Gasteiger partial charge in [-0.2, -0.15) is 0 Å². The average Bonchev–Trinajstić information content (AvgIpc) is 2.26. The highest BCUT2D eigenvalue weighted by Crippen LogP contribution is 1.99. The fraction of sp³-hybridized carbons (Fsp3) is 0.364. The molecule has 0 saturated carbocycles. The van der Waals surface area contributed by atoms with E-state index >= 15 is 0 Å². The molecule has 1 aromatic heterocycles. The van der Waals surface area contributed by atoms with Crippen molar-refractivity contribution < 1.29 is 14.3 Å². The Morgan fingerprint density at radius 2 is 2.25 bits per heavy atom. The first-order chi connectivity index (χ1) is 7.63. The summed E-state index contributed by atoms with van der Waals surface area (Å²) >= 11 is 0. The number of pyridine rings is 1. The van der Waals surface area contributed by atoms with Crippen molar-refractivity contribution in [1.82, 2.24) is 10.3 Å². The van der Waals surface area contributed by atoms with E-state index in [2.05, 4.69) is 15.0 Å². The highest BCUT2D eigenvalue weighted by atomic mass is 16.5. The van der Waals surface area contributed by atoms with Crippen LogP contribution in [0.2, 0.25) is 0 Å². The van der Waals surface area contributed by atoms with Crippen molar-refractivity contribution in [2.45, 2.75) is 13.8 Å². The van der Waals surface area contributed by atoms with Crippen LogP contribution in [0.15, 0.2) is 18.3 Å². The van der Waals surface area contributed by atoms with Gasteiger partial charge in [0.05, 0.1) is 6.61 Å². The number of hydrogen-bond acceptors (Lipinski definition) is 4. The van der Waals surface area contributed by atoms with E-state index in [1.165, 1.54) is 0 Å². The van der Waals surface area contributed by atoms with Crippen LogP contribution in [0, 0.1) is 6.92 Å². The van der Waals surface area contributed by atoms with E-state index in [4.69, 9.17) is 0 Å². The molecule has 5 nitrogen and oxygen atoms in total. The minimum Gasteiger partial charge on any atom is -0.465 e. The van der Waals surface area contributed by atoms with Gasteiger partial charge >= 0.3 is 5.97 Å². The number of ether oxygens (including phenoxy) is 1. The molecular formula is C11H14N2O3. The van der Waals surface area contributed by atoms with E-state index in [-0.39, 0.29) is 12.5 Å². The number of carbonyl (C=O) groups is 2. The molecule has 1 heterocycles. The number of carbonyl (C=O) groups excluding carboxylic acids is 2. The molecule has 0 saturated heterocycles. The molecule has 0 aromatic carbocycles. The SMILES string of the molecule is CCOC(=O)CNC(=O)c1ccnc(C)c1. The van der Waals surface area contributed by atoms with Crippen molar-refractivity contribution in [3.05, 3.63) is 29.6 Å². The van der Waals surface area contributed by atoms with Gasteiger partial charge in [-0.25, -0.2) is 0 Å². The first-order valence-electron chi connectivity index (χ1n) is 5.00. The van der Waals surface area contributed by atoms with Gasteiger partial charge in [0, 0.05) is 17.5 Å². The van der Waals surface area contributed by atoms with Crippen molar-refractivity contribution in [1.29, 1.82) is 0 Å². The number of amides is 1. The highest BCUT2D eigenvalue weighted by molar-refractivity contribution is 5.95. The van der Waals surface area contributed by atoms with Gasteiger partial charge < -0.3 is 10.1 Å². The third-order valence-corrected chi connectivity index (χ3v) is 1.86. The van der Waals surface area contributed by atoms with Gasteiger partial charge in [-0.15, -0.1) is 0 Å². The fourth-order valence-corrected chi connectivity index (χ4v) is 1.15. The van der Waals surface area contributed by atoms with Crippen molar-refractivity contribution in [3.8, 4) is 0 Å². The molecule has 0 bridgehead atoms. The number of nitrogens with one attached hydrogen (secondary N) is 1. The molecule has 5 heteroatoms. The van der Waals surface area contributed by atoms with Crippen molar-refractivity contribution in [2.24, 2.45) is 0 Å². The van der Waals surface area contributed by atoms with Crippen molar-refractivity contribution in [2.75, 3.05) is 13.2 Å². The first kappa shape index (κ1) is 12.2. The predicted molar refractivity (Wildman–Crippen MR) is 57.9 cm³/mol. The Labute approximate surface area is 93.8 Å². The number of nitrogens with zero attached hydrogens (tertiary/aromatic N) is 1. The molecule has 1 N–H and O–H groups in total. The summed E-state index contributed by atoms with van der Waals surface area (Å²) < 4.78 is 4.69. The summed E-state index contributed by atoms with van der Waals surface area (Å²) in [6.45, 7) is 3.70. The minimum absolute atomic E-state index is 0.117. The standard InChI is InChI=1S/C11H14N2O3/c1-3-16-10(14)7-13-11(15)9-4-5-12-8(2)6-9/h4-6H,3,7H2,1-2H3,(H,13,15). The van der Waals surface area contributed by atoms with E-state index in [0.29, 0.717) is 12.2 Å². The van der Waals surface area contributed by atoms with E-state index < -0.39 is 5.97 Å². The average molecular weight is 222 g/mol. The Morgan fingerprint density at radius 3 is 2.88 bits per heavy atom. The zero-order chi connectivity index (χ0) is 12.0. The largest absolute Gasteiger partial charge is 0.465 e. The molecule has 0 aliphatic heterocycles. The number of aryl methyl sites for hydroxylation is 1. The van der Waals surface area contributed by atoms with Gasteiger partial charge in [0.2, 0.25) is 0 Å². The third-order valence-electron chi connectivity index (χ3n) is 1.86. The smallest absolute Gasteiger partial charge is 0.325 e. The summed E-state index contributed by atoms with van der Waals surface area (Å²) in [5.41, 5.74) is 1.24. The van der Waals surface area contributed by atoms with Gasteiger partial charge in [-0.3, -0.25) is 14.6 Å². The zero-order valence-electron chi connectivity index (χ0n) is 9.32. The normalized spacial score (nSPS) is 9.62. The summed E-state index contributed by atoms with van der Waals surface area (Å²) in [4.78, 5) is 26.5. The summed E-state index contributed by atoms with van der Waals surface area (Å²) in [5, 5.41) is 2.47. The summed E-state index contributed by atoms with van der Waals surface area (Å²) in [5.74, 6) is -0.750. The topological polar surface area (TPSA) is 68.3 Å². The Bertz CT molecular complexity index is 391. The summed E-state index contributed by atoms with van der Waals surface area (Å²) in [6, 6.07) is 3.24. The van der Waals surface area contributed by atoms with Gasteiger partial charge in [0.25, 0.3) is 5.91 Å². The summed E-state index contributed by atoms with van der Waals surface area (Å²) in [6.07, 6.45) is 1.55. The van der Waals surface area contributed by atoms with E-state index in [1.54, 1.807) is 32.2 Å². The van der Waals surface area contributed by atoms with E-state index in [1.807, 2.05) is 0 Å². The van der Waals surface area contributed by atoms with Crippen LogP contribution in [0.4, 0.5) is 0 Å². The van der Waals surface area contributed by atoms with E-state index in [9.17, 15) is 9.59 Å². The molecule has 0 aliphatic rings. The predicted octanol–water partition coefficient (Wildman–Crippen LogP) is 0.683. The Hall–Kier alpha value is -1.91. The van der Waals surface area contributed by atoms with Crippen LogP contribution in [0.1, 0.15) is 23.0 Å². The van der Waals surface area contributed by atoms with Crippen LogP contribution in [0.3, 0.4) is 0 Å². The van der Waals surface area contributed by atoms with Gasteiger partial charge in [-0.1, -0.05) is 0 Å². The van der Waals surface area contributed by atoms with Crippen LogP contribution in [0.25, 0.3) is 0 Å². The highest BCUT2D eigenvalue weighted by Gasteiger charge is 2.08. The lowest BCUT2D eigenvalue weighted by molar-refractivity contribution is -0.141. The Kier molecular flexibility index (Phi) is 4.44. The fourth-order valence-electron chi connectivity index (χ4n) is 1.15. The quantitative estimate of drug-likeness (QED) is 0.761.